The van der Waals surface area contributed by atoms with E-state index in [1.807, 2.05) is 0 Å². The lowest BCUT2D eigenvalue weighted by Gasteiger charge is -2.40. The highest BCUT2D eigenvalue weighted by Crippen LogP contribution is 2.19. The third-order valence-electron chi connectivity index (χ3n) is 9.00. The number of allylic oxidation sites excluding steroid dienone is 4. The van der Waals surface area contributed by atoms with Gasteiger partial charge in [0.25, 0.3) is 0 Å². The molecular formula is C39H72Cl2N4O2. The van der Waals surface area contributed by atoms with Crippen molar-refractivity contribution in [2.24, 2.45) is 0 Å². The number of unbranched alkanes of at least 4 members (excludes halogenated alkanes) is 22. The SMILES string of the molecule is CCCCCCCCC=CCCCCCCCC(=O)N(C(=O)CCCCCCCC=CCCCCCCCC)N1CN(Cl)CN(Cl)C1. The number of carbonyl (C=O) groups is 2. The normalized spacial score (nSPS) is 15.0. The van der Waals surface area contributed by atoms with Crippen molar-refractivity contribution < 1.29 is 9.59 Å². The average Bonchev–Trinajstić information content (AvgIpc) is 3.04. The van der Waals surface area contributed by atoms with Crippen LogP contribution in [-0.4, -0.2) is 50.7 Å². The fourth-order valence-electron chi connectivity index (χ4n) is 6.14. The van der Waals surface area contributed by atoms with E-state index >= 15 is 0 Å². The van der Waals surface area contributed by atoms with Gasteiger partial charge in [-0.3, -0.25) is 9.59 Å². The Morgan fingerprint density at radius 1 is 0.468 bits per heavy atom. The van der Waals surface area contributed by atoms with E-state index < -0.39 is 0 Å². The van der Waals surface area contributed by atoms with Gasteiger partial charge in [0.2, 0.25) is 11.8 Å². The quantitative estimate of drug-likeness (QED) is 0.0409. The molecule has 0 atom stereocenters. The van der Waals surface area contributed by atoms with Gasteiger partial charge in [-0.15, -0.1) is 0 Å². The molecule has 1 saturated heterocycles. The van der Waals surface area contributed by atoms with Crippen LogP contribution in [-0.2, 0) is 9.59 Å². The van der Waals surface area contributed by atoms with Gasteiger partial charge in [0.1, 0.15) is 0 Å². The van der Waals surface area contributed by atoms with Crippen molar-refractivity contribution in [1.29, 1.82) is 0 Å². The van der Waals surface area contributed by atoms with Crippen LogP contribution in [0.5, 0.6) is 0 Å². The molecule has 0 unspecified atom stereocenters. The van der Waals surface area contributed by atoms with E-state index in [1.54, 1.807) is 5.01 Å². The number of hydrogen-bond donors (Lipinski definition) is 0. The Balaban J connectivity index is 2.25. The van der Waals surface area contributed by atoms with Crippen molar-refractivity contribution in [3.63, 3.8) is 0 Å². The summed E-state index contributed by atoms with van der Waals surface area (Å²) in [6.07, 6.45) is 41.7. The van der Waals surface area contributed by atoms with Crippen LogP contribution in [0.4, 0.5) is 0 Å². The Hall–Kier alpha value is -0.920. The van der Waals surface area contributed by atoms with Crippen LogP contribution in [0.2, 0.25) is 0 Å². The Bertz CT molecular complexity index is 748. The van der Waals surface area contributed by atoms with Crippen molar-refractivity contribution in [1.82, 2.24) is 18.9 Å². The molecule has 0 aliphatic carbocycles. The monoisotopic (exact) mass is 699 g/mol. The largest absolute Gasteiger partial charge is 0.273 e. The summed E-state index contributed by atoms with van der Waals surface area (Å²) in [4.78, 5) is 26.6. The molecule has 0 aromatic heterocycles. The lowest BCUT2D eigenvalue weighted by molar-refractivity contribution is -0.174. The first-order valence-corrected chi connectivity index (χ1v) is 20.4. The zero-order chi connectivity index (χ0) is 34.2. The minimum Gasteiger partial charge on any atom is -0.273 e. The predicted octanol–water partition coefficient (Wildman–Crippen LogP) is 12.4. The van der Waals surface area contributed by atoms with Crippen molar-refractivity contribution in [3.05, 3.63) is 24.3 Å². The van der Waals surface area contributed by atoms with E-state index in [-0.39, 0.29) is 11.8 Å². The molecule has 0 N–H and O–H groups in total. The van der Waals surface area contributed by atoms with E-state index in [2.05, 4.69) is 38.2 Å². The molecule has 0 aromatic carbocycles. The topological polar surface area (TPSA) is 47.1 Å². The van der Waals surface area contributed by atoms with E-state index in [0.717, 1.165) is 51.4 Å². The van der Waals surface area contributed by atoms with Crippen molar-refractivity contribution in [3.8, 4) is 0 Å². The summed E-state index contributed by atoms with van der Waals surface area (Å²) in [6.45, 7) is 5.49. The smallest absolute Gasteiger partial charge is 0.244 e. The van der Waals surface area contributed by atoms with Crippen LogP contribution in [0, 0.1) is 0 Å². The van der Waals surface area contributed by atoms with Crippen LogP contribution in [0.3, 0.4) is 0 Å². The summed E-state index contributed by atoms with van der Waals surface area (Å²) >= 11 is 12.5. The summed E-state index contributed by atoms with van der Waals surface area (Å²) in [7, 11) is 0. The second kappa shape index (κ2) is 32.3. The molecule has 0 bridgehead atoms. The summed E-state index contributed by atoms with van der Waals surface area (Å²) in [5.74, 6) is -0.283. The Morgan fingerprint density at radius 2 is 0.766 bits per heavy atom. The number of carbonyl (C=O) groups excluding carboxylic acids is 2. The van der Waals surface area contributed by atoms with Gasteiger partial charge in [0.15, 0.2) is 0 Å². The van der Waals surface area contributed by atoms with Gasteiger partial charge in [0.05, 0.1) is 20.0 Å². The Labute approximate surface area is 300 Å². The second-order valence-electron chi connectivity index (χ2n) is 13.6. The lowest BCUT2D eigenvalue weighted by Crippen LogP contribution is -2.59. The molecule has 0 spiro atoms. The number of hydrazine groups is 1. The molecule has 1 fully saturated rings. The summed E-state index contributed by atoms with van der Waals surface area (Å²) in [5.41, 5.74) is 0. The van der Waals surface area contributed by atoms with Crippen LogP contribution >= 0.6 is 23.6 Å². The standard InChI is InChI=1S/C39H72Cl2N4O2/c1-3-5-7-9-11-13-15-17-19-21-23-25-27-29-31-33-38(46)45(44-36-42(40)35-43(41)37-44)39(47)34-32-30-28-26-24-22-20-18-16-14-12-10-8-6-4-2/h17-20H,3-16,21-37H2,1-2H3. The highest BCUT2D eigenvalue weighted by molar-refractivity contribution is 6.15. The molecule has 1 rings (SSSR count). The predicted molar refractivity (Wildman–Crippen MR) is 203 cm³/mol. The Morgan fingerprint density at radius 3 is 1.11 bits per heavy atom. The Kier molecular flexibility index (Phi) is 30.3. The van der Waals surface area contributed by atoms with Crippen molar-refractivity contribution >= 4 is 35.4 Å². The van der Waals surface area contributed by atoms with Gasteiger partial charge in [-0.2, -0.15) is 13.8 Å². The van der Waals surface area contributed by atoms with Crippen molar-refractivity contribution in [2.75, 3.05) is 20.0 Å². The first-order valence-electron chi connectivity index (χ1n) is 19.7. The molecule has 8 heteroatoms. The molecule has 0 saturated carbocycles. The molecule has 1 aliphatic heterocycles. The second-order valence-corrected chi connectivity index (χ2v) is 14.6. The highest BCUT2D eigenvalue weighted by Gasteiger charge is 2.32. The molecule has 1 aliphatic rings. The summed E-state index contributed by atoms with van der Waals surface area (Å²) < 4.78 is 2.99. The number of halogens is 2. The number of rotatable bonds is 31. The molecule has 0 aromatic rings. The van der Waals surface area contributed by atoms with Gasteiger partial charge in [-0.25, -0.2) is 5.01 Å². The third kappa shape index (κ3) is 25.7. The third-order valence-corrected chi connectivity index (χ3v) is 9.43. The fraction of sp³-hybridized carbons (Fsp3) is 0.846. The van der Waals surface area contributed by atoms with E-state index in [9.17, 15) is 9.59 Å². The van der Waals surface area contributed by atoms with Crippen LogP contribution < -0.4 is 0 Å². The number of amides is 2. The van der Waals surface area contributed by atoms with E-state index in [4.69, 9.17) is 23.6 Å². The number of imide groups is 1. The minimum absolute atomic E-state index is 0.141. The molecule has 6 nitrogen and oxygen atoms in total. The summed E-state index contributed by atoms with van der Waals surface area (Å²) in [5, 5.41) is 3.02. The van der Waals surface area contributed by atoms with Gasteiger partial charge in [-0.05, 0) is 87.8 Å². The maximum absolute atomic E-state index is 13.3. The molecule has 2 amide bonds. The first kappa shape index (κ1) is 44.1. The van der Waals surface area contributed by atoms with Gasteiger partial charge in [-0.1, -0.05) is 141 Å². The van der Waals surface area contributed by atoms with Crippen LogP contribution in [0.25, 0.3) is 0 Å². The maximum atomic E-state index is 13.3. The van der Waals surface area contributed by atoms with E-state index in [0.29, 0.717) is 32.8 Å². The lowest BCUT2D eigenvalue weighted by atomic mass is 10.1. The molecule has 274 valence electrons. The zero-order valence-corrected chi connectivity index (χ0v) is 32.1. The number of nitrogens with zero attached hydrogens (tertiary/aromatic N) is 4. The van der Waals surface area contributed by atoms with Crippen LogP contribution in [0.15, 0.2) is 24.3 Å². The molecule has 0 radical (unpaired) electrons. The fourth-order valence-corrected chi connectivity index (χ4v) is 6.70. The number of hydrogen-bond acceptors (Lipinski definition) is 5. The maximum Gasteiger partial charge on any atom is 0.244 e. The van der Waals surface area contributed by atoms with Gasteiger partial charge >= 0.3 is 0 Å². The van der Waals surface area contributed by atoms with E-state index in [1.165, 1.54) is 129 Å². The summed E-state index contributed by atoms with van der Waals surface area (Å²) in [6, 6.07) is 0. The highest BCUT2D eigenvalue weighted by atomic mass is 35.5. The van der Waals surface area contributed by atoms with Crippen molar-refractivity contribution in [2.45, 2.75) is 194 Å². The molecule has 1 heterocycles. The van der Waals surface area contributed by atoms with Gasteiger partial charge in [0, 0.05) is 12.8 Å². The van der Waals surface area contributed by atoms with Crippen LogP contribution in [0.1, 0.15) is 194 Å². The molecular weight excluding hydrogens is 627 g/mol. The zero-order valence-electron chi connectivity index (χ0n) is 30.6. The average molecular weight is 700 g/mol. The van der Waals surface area contributed by atoms with Gasteiger partial charge < -0.3 is 0 Å². The first-order chi connectivity index (χ1) is 23.0. The molecule has 47 heavy (non-hydrogen) atoms. The minimum atomic E-state index is -0.141.